The van der Waals surface area contributed by atoms with Crippen LogP contribution >= 0.6 is 11.3 Å². The van der Waals surface area contributed by atoms with E-state index in [0.29, 0.717) is 17.7 Å². The topological polar surface area (TPSA) is 163 Å². The van der Waals surface area contributed by atoms with Gasteiger partial charge in [0, 0.05) is 24.1 Å². The molecule has 3 heterocycles. The molecule has 2 aliphatic rings. The maximum absolute atomic E-state index is 14.3. The first kappa shape index (κ1) is 38.5. The van der Waals surface area contributed by atoms with Crippen molar-refractivity contribution in [3.05, 3.63) is 148 Å². The Bertz CT molecular complexity index is 2060. The van der Waals surface area contributed by atoms with Gasteiger partial charge in [0.05, 0.1) is 0 Å². The fourth-order valence-corrected chi connectivity index (χ4v) is 7.08. The molecule has 55 heavy (non-hydrogen) atoms. The highest BCUT2D eigenvalue weighted by Gasteiger charge is 2.32. The maximum atomic E-state index is 14.3. The van der Waals surface area contributed by atoms with Gasteiger partial charge >= 0.3 is 5.97 Å². The second-order valence-corrected chi connectivity index (χ2v) is 14.4. The Hall–Kier alpha value is -6.27. The van der Waals surface area contributed by atoms with E-state index in [4.69, 9.17) is 4.74 Å². The van der Waals surface area contributed by atoms with Gasteiger partial charge in [-0.25, -0.2) is 4.79 Å². The number of benzene rings is 4. The van der Waals surface area contributed by atoms with E-state index in [0.717, 1.165) is 27.1 Å². The number of hydrogen-bond donors (Lipinski definition) is 5. The Labute approximate surface area is 323 Å². The maximum Gasteiger partial charge on any atom is 0.326 e. The van der Waals surface area contributed by atoms with E-state index in [1.165, 1.54) is 11.3 Å². The van der Waals surface area contributed by atoms with Gasteiger partial charge < -0.3 is 31.1 Å². The first-order chi connectivity index (χ1) is 26.7. The summed E-state index contributed by atoms with van der Waals surface area (Å²) in [6.07, 6.45) is 0.759. The lowest BCUT2D eigenvalue weighted by atomic mass is 9.99. The number of fused-ring (bicyclic) bond motifs is 16. The third kappa shape index (κ3) is 11.1. The van der Waals surface area contributed by atoms with Crippen LogP contribution in [-0.4, -0.2) is 65.5 Å². The summed E-state index contributed by atoms with van der Waals surface area (Å²) in [4.78, 5) is 68.7. The average molecular weight is 759 g/mol. The van der Waals surface area contributed by atoms with Crippen LogP contribution in [0.2, 0.25) is 0 Å². The van der Waals surface area contributed by atoms with Gasteiger partial charge in [0.1, 0.15) is 29.9 Å². The van der Waals surface area contributed by atoms with Crippen LogP contribution in [0.5, 0.6) is 5.75 Å². The Morgan fingerprint density at radius 3 is 1.91 bits per heavy atom. The SMILES string of the molecule is O=C1COc2ccc(cc2)CC(C(=O)O)NC(=O)C(CCc2ccccc2)NC(=O)C(Cc2ccc(-c3ccccc3)cc2)NC(=O)C(Cc2cccs2)N1. The van der Waals surface area contributed by atoms with E-state index in [1.54, 1.807) is 24.3 Å². The van der Waals surface area contributed by atoms with Crippen molar-refractivity contribution < 1.29 is 33.8 Å². The fraction of sp³-hybridized carbons (Fsp3) is 0.233. The molecule has 0 aliphatic carbocycles. The number of aryl methyl sites for hydroxylation is 1. The van der Waals surface area contributed by atoms with Gasteiger partial charge in [-0.3, -0.25) is 19.2 Å². The largest absolute Gasteiger partial charge is 0.484 e. The number of thiophene rings is 1. The molecule has 4 unspecified atom stereocenters. The minimum Gasteiger partial charge on any atom is -0.484 e. The van der Waals surface area contributed by atoms with Crippen LogP contribution in [0.4, 0.5) is 0 Å². The second-order valence-electron chi connectivity index (χ2n) is 13.4. The molecule has 0 saturated carbocycles. The first-order valence-corrected chi connectivity index (χ1v) is 18.9. The van der Waals surface area contributed by atoms with Crippen LogP contribution in [0.3, 0.4) is 0 Å². The van der Waals surface area contributed by atoms with E-state index >= 15 is 0 Å². The molecule has 12 heteroatoms. The molecular formula is C43H42N4O7S. The molecule has 1 aromatic heterocycles. The third-order valence-electron chi connectivity index (χ3n) is 9.32. The molecule has 0 spiro atoms. The van der Waals surface area contributed by atoms with Crippen molar-refractivity contribution in [1.29, 1.82) is 0 Å². The van der Waals surface area contributed by atoms with E-state index in [1.807, 2.05) is 102 Å². The normalized spacial score (nSPS) is 19.7. The van der Waals surface area contributed by atoms with Gasteiger partial charge in [0.15, 0.2) is 6.61 Å². The lowest BCUT2D eigenvalue weighted by Gasteiger charge is -2.26. The highest BCUT2D eigenvalue weighted by atomic mass is 32.1. The summed E-state index contributed by atoms with van der Waals surface area (Å²) in [5.41, 5.74) is 4.27. The third-order valence-corrected chi connectivity index (χ3v) is 10.2. The van der Waals surface area contributed by atoms with Crippen LogP contribution in [0.25, 0.3) is 11.1 Å². The summed E-state index contributed by atoms with van der Waals surface area (Å²) < 4.78 is 5.69. The van der Waals surface area contributed by atoms with E-state index in [9.17, 15) is 29.1 Å². The zero-order valence-electron chi connectivity index (χ0n) is 30.0. The number of carboxylic acid groups (broad SMARTS) is 1. The molecule has 0 saturated heterocycles. The van der Waals surface area contributed by atoms with Crippen molar-refractivity contribution in [3.8, 4) is 16.9 Å². The molecule has 4 atom stereocenters. The van der Waals surface area contributed by atoms with Gasteiger partial charge in [-0.05, 0) is 64.2 Å². The number of nitrogens with one attached hydrogen (secondary N) is 4. The van der Waals surface area contributed by atoms with Gasteiger partial charge in [-0.2, -0.15) is 0 Å². The lowest BCUT2D eigenvalue weighted by molar-refractivity contribution is -0.142. The molecule has 4 aromatic carbocycles. The minimum absolute atomic E-state index is 0.0384. The minimum atomic E-state index is -1.31. The highest BCUT2D eigenvalue weighted by molar-refractivity contribution is 7.09. The summed E-state index contributed by atoms with van der Waals surface area (Å²) in [5, 5.41) is 23.1. The smallest absolute Gasteiger partial charge is 0.326 e. The van der Waals surface area contributed by atoms with Crippen LogP contribution in [0.15, 0.2) is 127 Å². The van der Waals surface area contributed by atoms with Gasteiger partial charge in [0.25, 0.3) is 5.91 Å². The average Bonchev–Trinajstić information content (AvgIpc) is 3.72. The Balaban J connectivity index is 1.33. The Kier molecular flexibility index (Phi) is 13.0. The zero-order chi connectivity index (χ0) is 38.6. The summed E-state index contributed by atoms with van der Waals surface area (Å²) in [6.45, 7) is -0.387. The van der Waals surface area contributed by atoms with Crippen molar-refractivity contribution in [2.24, 2.45) is 0 Å². The van der Waals surface area contributed by atoms with Gasteiger partial charge in [-0.15, -0.1) is 11.3 Å². The molecule has 2 bridgehead atoms. The molecule has 0 radical (unpaired) electrons. The molecule has 5 aromatic rings. The van der Waals surface area contributed by atoms with E-state index in [-0.39, 0.29) is 32.3 Å². The highest BCUT2D eigenvalue weighted by Crippen LogP contribution is 2.21. The number of carboxylic acids is 1. The first-order valence-electron chi connectivity index (χ1n) is 18.1. The van der Waals surface area contributed by atoms with Crippen molar-refractivity contribution in [2.75, 3.05) is 6.61 Å². The molecule has 7 rings (SSSR count). The van der Waals surface area contributed by atoms with Crippen LogP contribution in [0, 0.1) is 0 Å². The fourth-order valence-electron chi connectivity index (χ4n) is 6.33. The number of carbonyl (C=O) groups is 5. The standard InChI is InChI=1S/C43H42N4O7S/c48-39-27-54-33-20-15-30(16-21-33)25-38(43(52)53)47-40(49)35(22-17-28-8-3-1-4-9-28)45-41(50)36(46-42(51)37(44-39)26-34-12-7-23-55-34)24-29-13-18-32(19-14-29)31-10-5-2-6-11-31/h1-16,18-21,23,35-38H,17,22,24-27H2,(H,44,48)(H,45,50)(H,46,51)(H,47,49)(H,52,53). The molecule has 0 fully saturated rings. The van der Waals surface area contributed by atoms with Crippen molar-refractivity contribution in [1.82, 2.24) is 21.3 Å². The van der Waals surface area contributed by atoms with Gasteiger partial charge in [-0.1, -0.05) is 103 Å². The number of amides is 4. The molecule has 5 N–H and O–H groups in total. The van der Waals surface area contributed by atoms with Crippen LogP contribution < -0.4 is 26.0 Å². The molecule has 2 aliphatic heterocycles. The summed E-state index contributed by atoms with van der Waals surface area (Å²) in [5.74, 6) is -3.33. The van der Waals surface area contributed by atoms with Crippen LogP contribution in [0.1, 0.15) is 28.0 Å². The number of ether oxygens (including phenoxy) is 1. The summed E-state index contributed by atoms with van der Waals surface area (Å²) >= 11 is 1.43. The number of carbonyl (C=O) groups excluding carboxylic acids is 4. The van der Waals surface area contributed by atoms with Crippen LogP contribution in [-0.2, 0) is 49.7 Å². The predicted octanol–water partition coefficient (Wildman–Crippen LogP) is 4.49. The number of rotatable bonds is 9. The predicted molar refractivity (Wildman–Crippen MR) is 209 cm³/mol. The quantitative estimate of drug-likeness (QED) is 0.138. The summed E-state index contributed by atoms with van der Waals surface area (Å²) in [6, 6.07) is 32.4. The number of aliphatic carboxylic acids is 1. The van der Waals surface area contributed by atoms with Gasteiger partial charge in [0.2, 0.25) is 17.7 Å². The number of hydrogen-bond acceptors (Lipinski definition) is 7. The van der Waals surface area contributed by atoms with Crippen molar-refractivity contribution >= 4 is 40.9 Å². The molecule has 4 amide bonds. The summed E-state index contributed by atoms with van der Waals surface area (Å²) in [7, 11) is 0. The van der Waals surface area contributed by atoms with Crippen molar-refractivity contribution in [2.45, 2.75) is 56.3 Å². The molecular weight excluding hydrogens is 717 g/mol. The molecule has 282 valence electrons. The Morgan fingerprint density at radius 1 is 0.636 bits per heavy atom. The van der Waals surface area contributed by atoms with E-state index < -0.39 is 53.8 Å². The second kappa shape index (κ2) is 18.7. The molecule has 11 nitrogen and oxygen atoms in total. The lowest BCUT2D eigenvalue weighted by Crippen LogP contribution is -2.59. The monoisotopic (exact) mass is 758 g/mol. The zero-order valence-corrected chi connectivity index (χ0v) is 30.8. The Morgan fingerprint density at radius 2 is 1.25 bits per heavy atom. The van der Waals surface area contributed by atoms with Crippen molar-refractivity contribution in [3.63, 3.8) is 0 Å². The van der Waals surface area contributed by atoms with E-state index in [2.05, 4.69) is 21.3 Å².